The van der Waals surface area contributed by atoms with Crippen LogP contribution in [0.4, 0.5) is 0 Å². The van der Waals surface area contributed by atoms with Crippen molar-refractivity contribution in [3.63, 3.8) is 0 Å². The molecule has 0 aromatic carbocycles. The van der Waals surface area contributed by atoms with Crippen LogP contribution in [0.1, 0.15) is 39.5 Å². The Labute approximate surface area is 194 Å². The van der Waals surface area contributed by atoms with Gasteiger partial charge < -0.3 is 24.5 Å². The van der Waals surface area contributed by atoms with Gasteiger partial charge in [0.1, 0.15) is 19.6 Å². The predicted octanol–water partition coefficient (Wildman–Crippen LogP) is -7.04. The molecule has 0 aromatic rings. The Bertz CT molecular complexity index is 448. The second-order valence-corrected chi connectivity index (χ2v) is 6.03. The van der Waals surface area contributed by atoms with E-state index in [-0.39, 0.29) is 82.7 Å². The molecule has 0 radical (unpaired) electrons. The van der Waals surface area contributed by atoms with Crippen molar-refractivity contribution in [2.24, 2.45) is 10.9 Å². The molecule has 132 valence electrons. The van der Waals surface area contributed by atoms with Crippen molar-refractivity contribution in [1.29, 1.82) is 0 Å². The molecule has 25 heavy (non-hydrogen) atoms. The smallest absolute Gasteiger partial charge is 0.548 e. The zero-order valence-electron chi connectivity index (χ0n) is 16.1. The summed E-state index contributed by atoms with van der Waals surface area (Å²) in [6, 6.07) is 0. The van der Waals surface area contributed by atoms with E-state index in [1.165, 1.54) is 0 Å². The molecule has 0 saturated carbocycles. The van der Waals surface area contributed by atoms with E-state index in [4.69, 9.17) is 4.74 Å². The molecule has 2 unspecified atom stereocenters. The molecule has 0 aromatic heterocycles. The summed E-state index contributed by atoms with van der Waals surface area (Å²) in [7, 11) is 0. The van der Waals surface area contributed by atoms with E-state index in [0.29, 0.717) is 19.6 Å². The van der Waals surface area contributed by atoms with Crippen LogP contribution in [0.3, 0.4) is 0 Å². The zero-order chi connectivity index (χ0) is 17.3. The number of aliphatic carboxylic acids is 2. The molecule has 9 heteroatoms. The minimum Gasteiger partial charge on any atom is -0.548 e. The second kappa shape index (κ2) is 14.6. The van der Waals surface area contributed by atoms with Gasteiger partial charge in [-0.25, -0.2) is 4.99 Å². The topological polar surface area (TPSA) is 102 Å². The summed E-state index contributed by atoms with van der Waals surface area (Å²) in [5.74, 6) is -1.24. The minimum atomic E-state index is -1.28. The Morgan fingerprint density at radius 1 is 1.24 bits per heavy atom. The molecule has 7 nitrogen and oxygen atoms in total. The first-order valence-electron chi connectivity index (χ1n) is 8.33. The maximum Gasteiger partial charge on any atom is 1.00 e. The van der Waals surface area contributed by atoms with Crippen molar-refractivity contribution in [3.8, 4) is 0 Å². The SMILES string of the molecule is CCCCC(CC)C1=NCC[N+]1(CCOCC(=O)[O-])CC(=O)[O-].[Na+].[Na+]. The van der Waals surface area contributed by atoms with Crippen LogP contribution >= 0.6 is 0 Å². The van der Waals surface area contributed by atoms with Crippen molar-refractivity contribution in [1.82, 2.24) is 0 Å². The number of unbranched alkanes of at least 4 members (excludes halogenated alkanes) is 1. The van der Waals surface area contributed by atoms with Crippen molar-refractivity contribution in [2.45, 2.75) is 39.5 Å². The fourth-order valence-electron chi connectivity index (χ4n) is 3.21. The van der Waals surface area contributed by atoms with E-state index in [2.05, 4.69) is 18.8 Å². The Balaban J connectivity index is 0. The standard InChI is InChI=1S/C16H28N2O5.2Na/c1-3-5-6-13(4-2)16-17-7-8-18(16,11-14(19)20)9-10-23-12-15(21)22;;/h13H,3-12H2,1-2H3,(H-,19,20,21,22);;/q;2*+1/p-1. The zero-order valence-corrected chi connectivity index (χ0v) is 20.1. The van der Waals surface area contributed by atoms with Crippen molar-refractivity contribution >= 4 is 17.8 Å². The summed E-state index contributed by atoms with van der Waals surface area (Å²) in [4.78, 5) is 26.3. The third-order valence-corrected chi connectivity index (χ3v) is 4.37. The molecule has 1 aliphatic heterocycles. The third-order valence-electron chi connectivity index (χ3n) is 4.37. The molecule has 0 aliphatic carbocycles. The van der Waals surface area contributed by atoms with E-state index in [9.17, 15) is 19.8 Å². The van der Waals surface area contributed by atoms with Crippen LogP contribution < -0.4 is 69.3 Å². The second-order valence-electron chi connectivity index (χ2n) is 6.03. The summed E-state index contributed by atoms with van der Waals surface area (Å²) in [5.41, 5.74) is 0. The first-order valence-corrected chi connectivity index (χ1v) is 8.33. The predicted molar refractivity (Wildman–Crippen MR) is 81.3 cm³/mol. The maximum absolute atomic E-state index is 11.2. The van der Waals surface area contributed by atoms with Crippen molar-refractivity contribution in [3.05, 3.63) is 0 Å². The normalized spacial score (nSPS) is 20.2. The Hall–Kier alpha value is 0.530. The number of rotatable bonds is 12. The third kappa shape index (κ3) is 9.33. The van der Waals surface area contributed by atoms with E-state index >= 15 is 0 Å². The molecule has 1 aliphatic rings. The van der Waals surface area contributed by atoms with Gasteiger partial charge in [-0.1, -0.05) is 26.7 Å². The number of ether oxygens (including phenoxy) is 1. The molecule has 0 saturated heterocycles. The number of carboxylic acid groups (broad SMARTS) is 2. The van der Waals surface area contributed by atoms with E-state index in [1.54, 1.807) is 0 Å². The molecular weight excluding hydrogens is 346 g/mol. The molecule has 1 heterocycles. The number of aliphatic imine (C=N–C) groups is 1. The Morgan fingerprint density at radius 3 is 2.44 bits per heavy atom. The number of carbonyl (C=O) groups excluding carboxylic acids is 2. The van der Waals surface area contributed by atoms with Gasteiger partial charge in [-0.15, -0.1) is 0 Å². The molecular formula is C16H27N2Na2O5+. The van der Waals surface area contributed by atoms with Gasteiger partial charge in [-0.3, -0.25) is 4.48 Å². The average Bonchev–Trinajstić information content (AvgIpc) is 2.87. The summed E-state index contributed by atoms with van der Waals surface area (Å²) >= 11 is 0. The van der Waals surface area contributed by atoms with Gasteiger partial charge in [0.25, 0.3) is 0 Å². The number of amidine groups is 1. The first-order chi connectivity index (χ1) is 10.9. The van der Waals surface area contributed by atoms with Gasteiger partial charge in [-0.05, 0) is 12.8 Å². The van der Waals surface area contributed by atoms with E-state index < -0.39 is 18.5 Å². The number of hydrogen-bond donors (Lipinski definition) is 0. The molecule has 1 rings (SSSR count). The van der Waals surface area contributed by atoms with Crippen LogP contribution in [0.5, 0.6) is 0 Å². The van der Waals surface area contributed by atoms with E-state index in [1.807, 2.05) is 0 Å². The van der Waals surface area contributed by atoms with Crippen LogP contribution in [0, 0.1) is 5.92 Å². The van der Waals surface area contributed by atoms with Gasteiger partial charge >= 0.3 is 59.1 Å². The average molecular weight is 373 g/mol. The largest absolute Gasteiger partial charge is 1.00 e. The van der Waals surface area contributed by atoms with Crippen LogP contribution in [0.2, 0.25) is 0 Å². The van der Waals surface area contributed by atoms with Gasteiger partial charge in [0.15, 0.2) is 0 Å². The number of hydrogen-bond acceptors (Lipinski definition) is 6. The molecule has 0 spiro atoms. The fourth-order valence-corrected chi connectivity index (χ4v) is 3.21. The quantitative estimate of drug-likeness (QED) is 0.192. The van der Waals surface area contributed by atoms with E-state index in [0.717, 1.165) is 31.5 Å². The molecule has 0 fully saturated rings. The Morgan fingerprint density at radius 2 is 1.92 bits per heavy atom. The van der Waals surface area contributed by atoms with Gasteiger partial charge in [0, 0.05) is 0 Å². The van der Waals surface area contributed by atoms with Crippen LogP contribution in [-0.2, 0) is 14.3 Å². The molecule has 0 N–H and O–H groups in total. The van der Waals surface area contributed by atoms with Crippen LogP contribution in [-0.4, -0.2) is 61.7 Å². The van der Waals surface area contributed by atoms with Crippen LogP contribution in [0.15, 0.2) is 4.99 Å². The van der Waals surface area contributed by atoms with Gasteiger partial charge in [-0.2, -0.15) is 0 Å². The molecule has 2 atom stereocenters. The maximum atomic E-state index is 11.2. The fraction of sp³-hybridized carbons (Fsp3) is 0.812. The summed E-state index contributed by atoms with van der Waals surface area (Å²) in [5, 5.41) is 21.7. The minimum absolute atomic E-state index is 0. The first kappa shape index (κ1) is 27.7. The molecule has 0 bridgehead atoms. The number of carboxylic acids is 2. The van der Waals surface area contributed by atoms with Crippen LogP contribution in [0.25, 0.3) is 0 Å². The van der Waals surface area contributed by atoms with Crippen molar-refractivity contribution < 1.29 is 88.1 Å². The monoisotopic (exact) mass is 373 g/mol. The van der Waals surface area contributed by atoms with Gasteiger partial charge in [0.05, 0.1) is 37.6 Å². The Kier molecular flexibility index (Phi) is 16.2. The molecule has 0 amide bonds. The van der Waals surface area contributed by atoms with Gasteiger partial charge in [0.2, 0.25) is 5.84 Å². The number of quaternary nitrogens is 1. The summed E-state index contributed by atoms with van der Waals surface area (Å²) in [6.07, 6.45) is 4.05. The number of carbonyl (C=O) groups is 2. The summed E-state index contributed by atoms with van der Waals surface area (Å²) < 4.78 is 5.28. The summed E-state index contributed by atoms with van der Waals surface area (Å²) in [6.45, 7) is 5.32. The van der Waals surface area contributed by atoms with Crippen molar-refractivity contribution in [2.75, 3.05) is 39.4 Å². The number of nitrogens with zero attached hydrogens (tertiary/aromatic N) is 2.